The molecule has 0 atom stereocenters. The second kappa shape index (κ2) is 7.34. The van der Waals surface area contributed by atoms with Crippen LogP contribution in [0.5, 0.6) is 0 Å². The average molecular weight is 340 g/mol. The van der Waals surface area contributed by atoms with Crippen LogP contribution in [0.1, 0.15) is 28.2 Å². The van der Waals surface area contributed by atoms with Gasteiger partial charge in [-0.1, -0.05) is 6.07 Å². The first-order valence-electron chi connectivity index (χ1n) is 8.27. The summed E-state index contributed by atoms with van der Waals surface area (Å²) in [7, 11) is 0. The first-order chi connectivity index (χ1) is 12.0. The summed E-state index contributed by atoms with van der Waals surface area (Å²) < 4.78 is 14.7. The summed E-state index contributed by atoms with van der Waals surface area (Å²) in [4.78, 5) is 16.9. The third-order valence-electron chi connectivity index (χ3n) is 3.97. The lowest BCUT2D eigenvalue weighted by atomic mass is 10.3. The van der Waals surface area contributed by atoms with Crippen LogP contribution < -0.4 is 10.6 Å². The molecule has 0 saturated carbocycles. The molecule has 1 amide bonds. The zero-order chi connectivity index (χ0) is 17.8. The van der Waals surface area contributed by atoms with Crippen molar-refractivity contribution in [1.82, 2.24) is 14.7 Å². The first-order valence-corrected chi connectivity index (χ1v) is 8.27. The molecule has 0 unspecified atom stereocenters. The number of benzene rings is 1. The molecule has 0 saturated heterocycles. The minimum absolute atomic E-state index is 0.127. The van der Waals surface area contributed by atoms with Crippen LogP contribution in [0, 0.1) is 19.7 Å². The summed E-state index contributed by atoms with van der Waals surface area (Å²) in [6.45, 7) is 5.06. The van der Waals surface area contributed by atoms with E-state index in [4.69, 9.17) is 0 Å². The molecule has 5 nitrogen and oxygen atoms in total. The SMILES string of the molecule is Cc1ccc2nc(C)c(C(=O)NCCCNc3ccc(F)cc3)n2c1. The molecule has 130 valence electrons. The highest BCUT2D eigenvalue weighted by Gasteiger charge is 2.15. The van der Waals surface area contributed by atoms with Gasteiger partial charge in [-0.2, -0.15) is 0 Å². The van der Waals surface area contributed by atoms with Crippen LogP contribution in [0.2, 0.25) is 0 Å². The maximum Gasteiger partial charge on any atom is 0.270 e. The number of fused-ring (bicyclic) bond motifs is 1. The number of anilines is 1. The normalized spacial score (nSPS) is 10.8. The van der Waals surface area contributed by atoms with Gasteiger partial charge in [-0.25, -0.2) is 9.37 Å². The van der Waals surface area contributed by atoms with Crippen molar-refractivity contribution in [2.24, 2.45) is 0 Å². The summed E-state index contributed by atoms with van der Waals surface area (Å²) in [5.41, 5.74) is 3.99. The van der Waals surface area contributed by atoms with E-state index in [1.165, 1.54) is 12.1 Å². The minimum Gasteiger partial charge on any atom is -0.385 e. The molecule has 0 aliphatic carbocycles. The van der Waals surface area contributed by atoms with Gasteiger partial charge in [0.1, 0.15) is 17.2 Å². The number of imidazole rings is 1. The molecule has 0 fully saturated rings. The fourth-order valence-electron chi connectivity index (χ4n) is 2.72. The number of aromatic nitrogens is 2. The van der Waals surface area contributed by atoms with Crippen LogP contribution in [0.25, 0.3) is 5.65 Å². The van der Waals surface area contributed by atoms with Gasteiger partial charge in [0.25, 0.3) is 5.91 Å². The Labute approximate surface area is 145 Å². The number of hydrogen-bond donors (Lipinski definition) is 2. The van der Waals surface area contributed by atoms with Crippen molar-refractivity contribution in [2.45, 2.75) is 20.3 Å². The highest BCUT2D eigenvalue weighted by molar-refractivity contribution is 5.94. The van der Waals surface area contributed by atoms with Gasteiger partial charge in [0.05, 0.1) is 5.69 Å². The number of aryl methyl sites for hydroxylation is 2. The Hall–Kier alpha value is -2.89. The molecule has 2 heterocycles. The van der Waals surface area contributed by atoms with Crippen molar-refractivity contribution < 1.29 is 9.18 Å². The number of rotatable bonds is 6. The molecule has 6 heteroatoms. The van der Waals surface area contributed by atoms with Crippen LogP contribution in [0.15, 0.2) is 42.6 Å². The van der Waals surface area contributed by atoms with Crippen LogP contribution in [-0.2, 0) is 0 Å². The maximum atomic E-state index is 12.8. The quantitative estimate of drug-likeness (QED) is 0.677. The monoisotopic (exact) mass is 340 g/mol. The van der Waals surface area contributed by atoms with E-state index < -0.39 is 0 Å². The van der Waals surface area contributed by atoms with Gasteiger partial charge in [-0.05, 0) is 56.2 Å². The Balaban J connectivity index is 1.54. The van der Waals surface area contributed by atoms with Crippen LogP contribution in [0.3, 0.4) is 0 Å². The Morgan fingerprint density at radius 1 is 1.12 bits per heavy atom. The second-order valence-electron chi connectivity index (χ2n) is 6.02. The number of carbonyl (C=O) groups is 1. The third-order valence-corrected chi connectivity index (χ3v) is 3.97. The summed E-state index contributed by atoms with van der Waals surface area (Å²) in [6, 6.07) is 10.1. The number of amides is 1. The van der Waals surface area contributed by atoms with Gasteiger partial charge in [0.2, 0.25) is 0 Å². The summed E-state index contributed by atoms with van der Waals surface area (Å²) in [5, 5.41) is 6.13. The van der Waals surface area contributed by atoms with E-state index in [1.807, 2.05) is 36.6 Å². The van der Waals surface area contributed by atoms with E-state index in [0.29, 0.717) is 24.5 Å². The predicted octanol–water partition coefficient (Wildman–Crippen LogP) is 3.32. The largest absolute Gasteiger partial charge is 0.385 e. The van der Waals surface area contributed by atoms with Gasteiger partial charge in [-0.3, -0.25) is 9.20 Å². The first kappa shape index (κ1) is 17.0. The molecule has 0 spiro atoms. The lowest BCUT2D eigenvalue weighted by Gasteiger charge is -2.08. The van der Waals surface area contributed by atoms with Gasteiger partial charge < -0.3 is 10.6 Å². The topological polar surface area (TPSA) is 58.4 Å². The van der Waals surface area contributed by atoms with Gasteiger partial charge >= 0.3 is 0 Å². The zero-order valence-corrected chi connectivity index (χ0v) is 14.3. The standard InChI is InChI=1S/C19H21FN4O/c1-13-4-9-17-23-14(2)18(24(17)12-13)19(25)22-11-3-10-21-16-7-5-15(20)6-8-16/h4-9,12,21H,3,10-11H2,1-2H3,(H,22,25). The fourth-order valence-corrected chi connectivity index (χ4v) is 2.72. The molecule has 0 aliphatic rings. The average Bonchev–Trinajstić information content (AvgIpc) is 2.91. The van der Waals surface area contributed by atoms with Gasteiger partial charge in [0.15, 0.2) is 0 Å². The molecule has 1 aromatic carbocycles. The molecule has 2 aromatic heterocycles. The lowest BCUT2D eigenvalue weighted by Crippen LogP contribution is -2.27. The molecule has 3 rings (SSSR count). The Morgan fingerprint density at radius 2 is 1.88 bits per heavy atom. The minimum atomic E-state index is -0.253. The van der Waals surface area contributed by atoms with E-state index in [0.717, 1.165) is 23.3 Å². The number of nitrogens with zero attached hydrogens (tertiary/aromatic N) is 2. The number of hydrogen-bond acceptors (Lipinski definition) is 3. The predicted molar refractivity (Wildman–Crippen MR) is 96.5 cm³/mol. The van der Waals surface area contributed by atoms with Crippen LogP contribution in [-0.4, -0.2) is 28.4 Å². The molecule has 0 radical (unpaired) electrons. The summed E-state index contributed by atoms with van der Waals surface area (Å²) in [5.74, 6) is -0.381. The van der Waals surface area contributed by atoms with Crippen molar-refractivity contribution in [3.63, 3.8) is 0 Å². The van der Waals surface area contributed by atoms with Crippen molar-refractivity contribution in [3.8, 4) is 0 Å². The second-order valence-corrected chi connectivity index (χ2v) is 6.02. The summed E-state index contributed by atoms with van der Waals surface area (Å²) in [6.07, 6.45) is 2.68. The van der Waals surface area contributed by atoms with E-state index in [2.05, 4.69) is 15.6 Å². The van der Waals surface area contributed by atoms with Crippen molar-refractivity contribution in [2.75, 3.05) is 18.4 Å². The fraction of sp³-hybridized carbons (Fsp3) is 0.263. The van der Waals surface area contributed by atoms with E-state index in [-0.39, 0.29) is 11.7 Å². The summed E-state index contributed by atoms with van der Waals surface area (Å²) >= 11 is 0. The van der Waals surface area contributed by atoms with Crippen LogP contribution >= 0.6 is 0 Å². The lowest BCUT2D eigenvalue weighted by molar-refractivity contribution is 0.0947. The van der Waals surface area contributed by atoms with E-state index >= 15 is 0 Å². The molecular formula is C19H21FN4O. The third kappa shape index (κ3) is 3.96. The number of carbonyl (C=O) groups excluding carboxylic acids is 1. The smallest absolute Gasteiger partial charge is 0.270 e. The molecular weight excluding hydrogens is 319 g/mol. The van der Waals surface area contributed by atoms with Crippen LogP contribution in [0.4, 0.5) is 10.1 Å². The number of nitrogens with one attached hydrogen (secondary N) is 2. The number of halogens is 1. The van der Waals surface area contributed by atoms with Gasteiger partial charge in [0, 0.05) is 25.0 Å². The van der Waals surface area contributed by atoms with E-state index in [9.17, 15) is 9.18 Å². The molecule has 2 N–H and O–H groups in total. The molecule has 3 aromatic rings. The van der Waals surface area contributed by atoms with Crippen molar-refractivity contribution >= 4 is 17.2 Å². The highest BCUT2D eigenvalue weighted by Crippen LogP contribution is 2.13. The van der Waals surface area contributed by atoms with Crippen molar-refractivity contribution in [1.29, 1.82) is 0 Å². The molecule has 0 aliphatic heterocycles. The Bertz CT molecular complexity index is 886. The maximum absolute atomic E-state index is 12.8. The van der Waals surface area contributed by atoms with Crippen molar-refractivity contribution in [3.05, 3.63) is 65.4 Å². The molecule has 0 bridgehead atoms. The highest BCUT2D eigenvalue weighted by atomic mass is 19.1. The number of pyridine rings is 1. The molecule has 25 heavy (non-hydrogen) atoms. The zero-order valence-electron chi connectivity index (χ0n) is 14.3. The Kier molecular flexibility index (Phi) is 4.97. The van der Waals surface area contributed by atoms with Gasteiger partial charge in [-0.15, -0.1) is 0 Å². The van der Waals surface area contributed by atoms with E-state index in [1.54, 1.807) is 12.1 Å². The Morgan fingerprint density at radius 3 is 2.64 bits per heavy atom.